The van der Waals surface area contributed by atoms with E-state index >= 15 is 0 Å². The normalized spacial score (nSPS) is 27.2. The first-order chi connectivity index (χ1) is 5.85. The number of hydrogen-bond acceptors (Lipinski definition) is 6. The van der Waals surface area contributed by atoms with Gasteiger partial charge in [0.1, 0.15) is 11.9 Å². The molecule has 1 aliphatic rings. The van der Waals surface area contributed by atoms with Crippen molar-refractivity contribution < 1.29 is 25.2 Å². The minimum absolute atomic E-state index is 0.268. The molecule has 13 heavy (non-hydrogen) atoms. The summed E-state index contributed by atoms with van der Waals surface area (Å²) in [7, 11) is -7.43. The Hall–Kier alpha value is -0.440. The molecule has 0 aromatic heterocycles. The molecular weight excluding hydrogens is 220 g/mol. The molecule has 0 spiro atoms. The molecule has 76 valence electrons. The lowest BCUT2D eigenvalue weighted by molar-refractivity contribution is 0.188. The fourth-order valence-electron chi connectivity index (χ4n) is 0.788. The van der Waals surface area contributed by atoms with Crippen molar-refractivity contribution >= 4 is 20.2 Å². The molecule has 0 aliphatic carbocycles. The topological polar surface area (TPSA) is 86.7 Å². The van der Waals surface area contributed by atoms with E-state index in [-0.39, 0.29) is 6.61 Å². The lowest BCUT2D eigenvalue weighted by Crippen LogP contribution is -2.20. The maximum atomic E-state index is 10.8. The lowest BCUT2D eigenvalue weighted by Gasteiger charge is -2.04. The molecule has 1 unspecified atom stereocenters. The van der Waals surface area contributed by atoms with Crippen molar-refractivity contribution in [2.75, 3.05) is 12.4 Å². The van der Waals surface area contributed by atoms with Gasteiger partial charge in [0.05, 0.1) is 12.0 Å². The summed E-state index contributed by atoms with van der Waals surface area (Å²) in [5, 5.41) is 0.609. The van der Waals surface area contributed by atoms with E-state index in [0.717, 1.165) is 0 Å². The van der Waals surface area contributed by atoms with Gasteiger partial charge in [0.2, 0.25) is 0 Å². The van der Waals surface area contributed by atoms with Gasteiger partial charge in [-0.15, -0.1) is 0 Å². The van der Waals surface area contributed by atoms with Gasteiger partial charge in [0, 0.05) is 0 Å². The van der Waals surface area contributed by atoms with Crippen LogP contribution in [0.15, 0.2) is 12.0 Å². The van der Waals surface area contributed by atoms with Gasteiger partial charge in [-0.1, -0.05) is 6.58 Å². The zero-order chi connectivity index (χ0) is 10.1. The summed E-state index contributed by atoms with van der Waals surface area (Å²) >= 11 is 0. The van der Waals surface area contributed by atoms with Crippen LogP contribution in [0.3, 0.4) is 0 Å². The zero-order valence-corrected chi connectivity index (χ0v) is 8.18. The van der Waals surface area contributed by atoms with Gasteiger partial charge in [0.15, 0.2) is 0 Å². The lowest BCUT2D eigenvalue weighted by atomic mass is 10.5. The highest BCUT2D eigenvalue weighted by molar-refractivity contribution is 7.89. The van der Waals surface area contributed by atoms with E-state index < -0.39 is 32.1 Å². The Balaban J connectivity index is 2.65. The summed E-state index contributed by atoms with van der Waals surface area (Å²) in [5.41, 5.74) is 0. The molecule has 0 amide bonds. The molecule has 1 heterocycles. The molecule has 1 fully saturated rings. The highest BCUT2D eigenvalue weighted by Gasteiger charge is 2.32. The molecule has 1 aliphatic heterocycles. The predicted octanol–water partition coefficient (Wildman–Crippen LogP) is -0.795. The van der Waals surface area contributed by atoms with Crippen LogP contribution >= 0.6 is 0 Å². The smallest absolute Gasteiger partial charge is 0.267 e. The summed E-state index contributed by atoms with van der Waals surface area (Å²) in [6, 6.07) is 0. The van der Waals surface area contributed by atoms with Gasteiger partial charge in [0.25, 0.3) is 20.2 Å². The Morgan fingerprint density at radius 2 is 2.15 bits per heavy atom. The van der Waals surface area contributed by atoms with E-state index in [1.54, 1.807) is 0 Å². The van der Waals surface area contributed by atoms with Gasteiger partial charge < -0.3 is 0 Å². The van der Waals surface area contributed by atoms with Crippen LogP contribution in [0, 0.1) is 0 Å². The Bertz CT molecular complexity index is 391. The van der Waals surface area contributed by atoms with E-state index in [1.807, 2.05) is 0 Å². The first kappa shape index (κ1) is 10.6. The third kappa shape index (κ3) is 3.07. The van der Waals surface area contributed by atoms with E-state index in [9.17, 15) is 16.8 Å². The Labute approximate surface area is 76.4 Å². The van der Waals surface area contributed by atoms with Crippen LogP contribution in [0.2, 0.25) is 0 Å². The molecule has 0 bridgehead atoms. The van der Waals surface area contributed by atoms with Crippen LogP contribution in [0.4, 0.5) is 0 Å². The summed E-state index contributed by atoms with van der Waals surface area (Å²) in [5.74, 6) is -0.444. The van der Waals surface area contributed by atoms with Crippen LogP contribution in [-0.4, -0.2) is 35.3 Å². The fourth-order valence-corrected chi connectivity index (χ4v) is 2.53. The minimum atomic E-state index is -3.83. The molecule has 6 nitrogen and oxygen atoms in total. The molecule has 1 rings (SSSR count). The second-order valence-corrected chi connectivity index (χ2v) is 5.58. The molecular formula is C5H8O6S2. The predicted molar refractivity (Wildman–Crippen MR) is 43.7 cm³/mol. The number of rotatable bonds is 3. The molecule has 0 saturated carbocycles. The van der Waals surface area contributed by atoms with E-state index in [1.165, 1.54) is 0 Å². The van der Waals surface area contributed by atoms with Crippen LogP contribution in [0.1, 0.15) is 0 Å². The van der Waals surface area contributed by atoms with Crippen molar-refractivity contribution in [2.24, 2.45) is 0 Å². The molecule has 0 aromatic carbocycles. The van der Waals surface area contributed by atoms with E-state index in [0.29, 0.717) is 5.41 Å². The summed E-state index contributed by atoms with van der Waals surface area (Å²) in [4.78, 5) is 0. The highest BCUT2D eigenvalue weighted by atomic mass is 32.2. The highest BCUT2D eigenvalue weighted by Crippen LogP contribution is 2.14. The molecule has 8 heteroatoms. The van der Waals surface area contributed by atoms with Gasteiger partial charge in [-0.2, -0.15) is 16.8 Å². The largest absolute Gasteiger partial charge is 0.289 e. The van der Waals surface area contributed by atoms with E-state index in [4.69, 9.17) is 0 Å². The van der Waals surface area contributed by atoms with Crippen molar-refractivity contribution in [1.29, 1.82) is 0 Å². The Morgan fingerprint density at radius 3 is 2.54 bits per heavy atom. The SMILES string of the molecule is C=CS(=O)(=O)OC1COS(=O)(=O)C1. The second kappa shape index (κ2) is 3.37. The van der Waals surface area contributed by atoms with Crippen molar-refractivity contribution in [2.45, 2.75) is 6.10 Å². The van der Waals surface area contributed by atoms with Crippen LogP contribution in [0.25, 0.3) is 0 Å². The quantitative estimate of drug-likeness (QED) is 0.588. The zero-order valence-electron chi connectivity index (χ0n) is 6.54. The van der Waals surface area contributed by atoms with Gasteiger partial charge in [-0.3, -0.25) is 8.37 Å². The van der Waals surface area contributed by atoms with Crippen molar-refractivity contribution in [3.05, 3.63) is 12.0 Å². The fraction of sp³-hybridized carbons (Fsp3) is 0.600. The first-order valence-electron chi connectivity index (χ1n) is 3.27. The molecule has 0 aromatic rings. The van der Waals surface area contributed by atoms with Crippen molar-refractivity contribution in [3.63, 3.8) is 0 Å². The van der Waals surface area contributed by atoms with Crippen molar-refractivity contribution in [3.8, 4) is 0 Å². The van der Waals surface area contributed by atoms with Crippen molar-refractivity contribution in [1.82, 2.24) is 0 Å². The summed E-state index contributed by atoms with van der Waals surface area (Å²) < 4.78 is 51.7. The third-order valence-corrected chi connectivity index (χ3v) is 3.52. The maximum Gasteiger partial charge on any atom is 0.289 e. The standard InChI is InChI=1S/C5H8O6S2/c1-2-12(6,7)11-5-3-10-13(8,9)4-5/h2,5H,1,3-4H2. The van der Waals surface area contributed by atoms with Gasteiger partial charge in [-0.25, -0.2) is 0 Å². The molecule has 0 N–H and O–H groups in total. The summed E-state index contributed by atoms with van der Waals surface area (Å²) in [6.07, 6.45) is -0.965. The van der Waals surface area contributed by atoms with Crippen LogP contribution in [-0.2, 0) is 28.6 Å². The van der Waals surface area contributed by atoms with Gasteiger partial charge in [-0.05, 0) is 0 Å². The second-order valence-electron chi connectivity index (χ2n) is 2.39. The van der Waals surface area contributed by atoms with Crippen LogP contribution < -0.4 is 0 Å². The van der Waals surface area contributed by atoms with Crippen LogP contribution in [0.5, 0.6) is 0 Å². The molecule has 1 saturated heterocycles. The molecule has 0 radical (unpaired) electrons. The van der Waals surface area contributed by atoms with E-state index in [2.05, 4.69) is 14.9 Å². The molecule has 1 atom stereocenters. The minimum Gasteiger partial charge on any atom is -0.267 e. The first-order valence-corrected chi connectivity index (χ1v) is 6.32. The Morgan fingerprint density at radius 1 is 1.54 bits per heavy atom. The average Bonchev–Trinajstić information content (AvgIpc) is 2.29. The maximum absolute atomic E-state index is 10.8. The third-order valence-electron chi connectivity index (χ3n) is 1.30. The summed E-state index contributed by atoms with van der Waals surface area (Å²) in [6.45, 7) is 2.74. The average molecular weight is 228 g/mol. The van der Waals surface area contributed by atoms with Gasteiger partial charge >= 0.3 is 0 Å². The Kier molecular flexibility index (Phi) is 2.76. The monoisotopic (exact) mass is 228 g/mol. The number of hydrogen-bond donors (Lipinski definition) is 0.